The molecule has 1 aliphatic rings. The van der Waals surface area contributed by atoms with Gasteiger partial charge in [0.15, 0.2) is 0 Å². The molecule has 1 aliphatic heterocycles. The minimum atomic E-state index is -0.183. The summed E-state index contributed by atoms with van der Waals surface area (Å²) in [5, 5.41) is 19.7. The van der Waals surface area contributed by atoms with Crippen molar-refractivity contribution in [2.45, 2.75) is 102 Å². The second-order valence-corrected chi connectivity index (χ2v) is 10.9. The van der Waals surface area contributed by atoms with Gasteiger partial charge in [0.25, 0.3) is 0 Å². The van der Waals surface area contributed by atoms with Crippen molar-refractivity contribution >= 4 is 0 Å². The quantitative estimate of drug-likeness (QED) is 0.248. The molecule has 0 bridgehead atoms. The molecular formula is C31H45FO3. The highest BCUT2D eigenvalue weighted by Gasteiger charge is 2.42. The first-order chi connectivity index (χ1) is 16.9. The number of ether oxygens (including phenoxy) is 1. The second kappa shape index (κ2) is 13.8. The number of hydrogen-bond acceptors (Lipinski definition) is 3. The molecule has 1 heterocycles. The Balaban J connectivity index is 1.47. The Bertz CT molecular complexity index is 881. The Morgan fingerprint density at radius 2 is 1.46 bits per heavy atom. The first-order valence-corrected chi connectivity index (χ1v) is 13.7. The molecule has 3 nitrogen and oxygen atoms in total. The minimum absolute atomic E-state index is 0.172. The Kier molecular flexibility index (Phi) is 10.7. The third-order valence-corrected chi connectivity index (χ3v) is 7.97. The van der Waals surface area contributed by atoms with Gasteiger partial charge in [-0.25, -0.2) is 0 Å². The van der Waals surface area contributed by atoms with Gasteiger partial charge in [0.05, 0.1) is 13.3 Å². The number of phenols is 2. The molecule has 2 unspecified atom stereocenters. The molecule has 0 aliphatic carbocycles. The predicted octanol–water partition coefficient (Wildman–Crippen LogP) is 8.82. The van der Waals surface area contributed by atoms with E-state index < -0.39 is 0 Å². The highest BCUT2D eigenvalue weighted by atomic mass is 19.1. The smallest absolute Gasteiger partial charge is 0.126 e. The number of benzene rings is 2. The highest BCUT2D eigenvalue weighted by molar-refractivity contribution is 5.48. The number of alkyl halides is 1. The molecule has 3 rings (SSSR count). The highest BCUT2D eigenvalue weighted by Crippen LogP contribution is 2.49. The van der Waals surface area contributed by atoms with Gasteiger partial charge >= 0.3 is 0 Å². The van der Waals surface area contributed by atoms with Crippen LogP contribution in [0.5, 0.6) is 17.2 Å². The van der Waals surface area contributed by atoms with E-state index in [0.717, 1.165) is 30.9 Å². The molecule has 0 saturated carbocycles. The third kappa shape index (κ3) is 7.88. The summed E-state index contributed by atoms with van der Waals surface area (Å²) in [6.07, 6.45) is 14.1. The number of fused-ring (bicyclic) bond motifs is 1. The van der Waals surface area contributed by atoms with E-state index in [0.29, 0.717) is 12.5 Å². The van der Waals surface area contributed by atoms with Gasteiger partial charge in [-0.1, -0.05) is 96.3 Å². The maximum Gasteiger partial charge on any atom is 0.126 e. The summed E-state index contributed by atoms with van der Waals surface area (Å²) in [6.45, 7) is 4.99. The molecule has 0 saturated heterocycles. The van der Waals surface area contributed by atoms with E-state index in [9.17, 15) is 14.6 Å². The van der Waals surface area contributed by atoms with Gasteiger partial charge in [-0.15, -0.1) is 0 Å². The lowest BCUT2D eigenvalue weighted by Gasteiger charge is -2.43. The lowest BCUT2D eigenvalue weighted by molar-refractivity contribution is 0.162. The maximum absolute atomic E-state index is 12.2. The van der Waals surface area contributed by atoms with Crippen LogP contribution in [-0.2, 0) is 5.41 Å². The van der Waals surface area contributed by atoms with E-state index in [1.165, 1.54) is 68.9 Å². The molecular weight excluding hydrogens is 439 g/mol. The molecule has 2 aromatic rings. The van der Waals surface area contributed by atoms with E-state index >= 15 is 0 Å². The van der Waals surface area contributed by atoms with Crippen LogP contribution in [0.25, 0.3) is 0 Å². The molecule has 0 radical (unpaired) electrons. The van der Waals surface area contributed by atoms with Crippen LogP contribution in [0.2, 0.25) is 0 Å². The summed E-state index contributed by atoms with van der Waals surface area (Å²) in [5.74, 6) is 2.38. The molecule has 194 valence electrons. The molecule has 2 aromatic carbocycles. The molecule has 0 spiro atoms. The lowest BCUT2D eigenvalue weighted by atomic mass is 9.66. The average molecular weight is 485 g/mol. The monoisotopic (exact) mass is 484 g/mol. The number of phenolic OH excluding ortho intramolecular Hbond substituents is 2. The van der Waals surface area contributed by atoms with E-state index in [4.69, 9.17) is 4.74 Å². The van der Waals surface area contributed by atoms with Gasteiger partial charge in [0.2, 0.25) is 0 Å². The van der Waals surface area contributed by atoms with Crippen LogP contribution in [0, 0.1) is 5.92 Å². The Hall–Kier alpha value is -2.23. The standard InChI is InChI=1S/C31H45FO3/c1-24(13-9-7-11-21-32)12-8-5-3-4-6-10-14-29-28-20-19-27(34)22-30(28)35-23-31(29,2)25-15-17-26(33)18-16-25/h15-20,22,24,29,33-34H,3-14,21,23H2,1-2H3/t24?,29?,31-/m1/s1. The molecule has 2 N–H and O–H groups in total. The Morgan fingerprint density at radius 1 is 0.857 bits per heavy atom. The fourth-order valence-corrected chi connectivity index (χ4v) is 5.66. The summed E-state index contributed by atoms with van der Waals surface area (Å²) in [6, 6.07) is 13.1. The van der Waals surface area contributed by atoms with Crippen LogP contribution >= 0.6 is 0 Å². The Morgan fingerprint density at radius 3 is 2.14 bits per heavy atom. The van der Waals surface area contributed by atoms with E-state index in [-0.39, 0.29) is 23.6 Å². The van der Waals surface area contributed by atoms with Crippen molar-refractivity contribution in [3.63, 3.8) is 0 Å². The van der Waals surface area contributed by atoms with Gasteiger partial charge in [-0.05, 0) is 48.1 Å². The van der Waals surface area contributed by atoms with Gasteiger partial charge in [-0.3, -0.25) is 4.39 Å². The fourth-order valence-electron chi connectivity index (χ4n) is 5.66. The molecule has 0 aromatic heterocycles. The van der Waals surface area contributed by atoms with Gasteiger partial charge in [0, 0.05) is 17.4 Å². The summed E-state index contributed by atoms with van der Waals surface area (Å²) < 4.78 is 18.3. The number of halogens is 1. The Labute approximate surface area is 211 Å². The molecule has 3 atom stereocenters. The number of unbranched alkanes of at least 4 members (excludes halogenated alkanes) is 7. The van der Waals surface area contributed by atoms with Crippen molar-refractivity contribution in [3.8, 4) is 17.2 Å². The van der Waals surface area contributed by atoms with Crippen molar-refractivity contribution in [3.05, 3.63) is 53.6 Å². The second-order valence-electron chi connectivity index (χ2n) is 10.9. The summed E-state index contributed by atoms with van der Waals surface area (Å²) >= 11 is 0. The first kappa shape index (κ1) is 27.4. The molecule has 0 amide bonds. The predicted molar refractivity (Wildman–Crippen MR) is 142 cm³/mol. The summed E-state index contributed by atoms with van der Waals surface area (Å²) in [5.41, 5.74) is 2.17. The van der Waals surface area contributed by atoms with Crippen molar-refractivity contribution in [1.29, 1.82) is 0 Å². The van der Waals surface area contributed by atoms with Crippen molar-refractivity contribution in [1.82, 2.24) is 0 Å². The topological polar surface area (TPSA) is 49.7 Å². The van der Waals surface area contributed by atoms with Crippen molar-refractivity contribution < 1.29 is 19.3 Å². The fraction of sp³-hybridized carbons (Fsp3) is 0.613. The lowest BCUT2D eigenvalue weighted by Crippen LogP contribution is -2.40. The van der Waals surface area contributed by atoms with Crippen molar-refractivity contribution in [2.75, 3.05) is 13.3 Å². The van der Waals surface area contributed by atoms with Gasteiger partial charge in [-0.2, -0.15) is 0 Å². The normalized spacial score (nSPS) is 20.3. The summed E-state index contributed by atoms with van der Waals surface area (Å²) in [7, 11) is 0. The van der Waals surface area contributed by atoms with Crippen LogP contribution in [0.15, 0.2) is 42.5 Å². The van der Waals surface area contributed by atoms with Gasteiger partial charge in [0.1, 0.15) is 17.2 Å². The van der Waals surface area contributed by atoms with Crippen LogP contribution in [0.1, 0.15) is 108 Å². The van der Waals surface area contributed by atoms with Crippen LogP contribution in [0.3, 0.4) is 0 Å². The van der Waals surface area contributed by atoms with Crippen LogP contribution in [-0.4, -0.2) is 23.5 Å². The van der Waals surface area contributed by atoms with Crippen molar-refractivity contribution in [2.24, 2.45) is 5.92 Å². The zero-order valence-electron chi connectivity index (χ0n) is 21.8. The number of rotatable bonds is 15. The molecule has 35 heavy (non-hydrogen) atoms. The third-order valence-electron chi connectivity index (χ3n) is 7.97. The SMILES string of the molecule is CC(CCCCCF)CCCCCCCCC1c2ccc(O)cc2OC[C@]1(C)c1ccc(O)cc1. The number of hydrogen-bond donors (Lipinski definition) is 2. The average Bonchev–Trinajstić information content (AvgIpc) is 2.85. The summed E-state index contributed by atoms with van der Waals surface area (Å²) in [4.78, 5) is 0. The van der Waals surface area contributed by atoms with E-state index in [1.807, 2.05) is 18.2 Å². The first-order valence-electron chi connectivity index (χ1n) is 13.7. The molecule has 4 heteroatoms. The molecule has 0 fully saturated rings. The maximum atomic E-state index is 12.2. The largest absolute Gasteiger partial charge is 0.508 e. The van der Waals surface area contributed by atoms with E-state index in [2.05, 4.69) is 13.8 Å². The minimum Gasteiger partial charge on any atom is -0.508 e. The number of aromatic hydroxyl groups is 2. The van der Waals surface area contributed by atoms with E-state index in [1.54, 1.807) is 24.3 Å². The van der Waals surface area contributed by atoms with Crippen LogP contribution < -0.4 is 4.74 Å². The van der Waals surface area contributed by atoms with Gasteiger partial charge < -0.3 is 14.9 Å². The van der Waals surface area contributed by atoms with Crippen LogP contribution in [0.4, 0.5) is 4.39 Å². The zero-order valence-corrected chi connectivity index (χ0v) is 21.8. The zero-order chi connectivity index (χ0) is 25.1.